The fraction of sp³-hybridized carbons (Fsp3) is 0.667. The summed E-state index contributed by atoms with van der Waals surface area (Å²) < 4.78 is 32.3. The van der Waals surface area contributed by atoms with Gasteiger partial charge in [-0.3, -0.25) is 4.99 Å². The molecule has 0 unspecified atom stereocenters. The molecule has 7 nitrogen and oxygen atoms in total. The van der Waals surface area contributed by atoms with Crippen LogP contribution in [-0.2, 0) is 21.3 Å². The Morgan fingerprint density at radius 2 is 2.03 bits per heavy atom. The van der Waals surface area contributed by atoms with Crippen LogP contribution in [0, 0.1) is 5.41 Å². The van der Waals surface area contributed by atoms with Gasteiger partial charge in [0, 0.05) is 40.3 Å². The lowest BCUT2D eigenvalue weighted by molar-refractivity contribution is 0.203. The van der Waals surface area contributed by atoms with Crippen molar-refractivity contribution >= 4 is 16.0 Å². The third-order valence-corrected chi connectivity index (χ3v) is 7.58. The molecule has 8 heteroatoms. The first-order valence-corrected chi connectivity index (χ1v) is 12.0. The Balaban J connectivity index is 1.59. The van der Waals surface area contributed by atoms with E-state index in [1.165, 1.54) is 38.5 Å². The van der Waals surface area contributed by atoms with Gasteiger partial charge in [-0.1, -0.05) is 31.4 Å². The molecule has 3 rings (SSSR count). The van der Waals surface area contributed by atoms with E-state index >= 15 is 0 Å². The zero-order valence-electron chi connectivity index (χ0n) is 17.6. The molecule has 1 heterocycles. The highest BCUT2D eigenvalue weighted by Crippen LogP contribution is 2.43. The smallest absolute Gasteiger partial charge is 0.240 e. The number of rotatable bonds is 7. The number of likely N-dealkylation sites (tertiary alicyclic amines) is 1. The van der Waals surface area contributed by atoms with Gasteiger partial charge in [0.2, 0.25) is 10.0 Å². The molecule has 1 aliphatic carbocycles. The van der Waals surface area contributed by atoms with E-state index in [0.29, 0.717) is 18.6 Å². The molecule has 0 amide bonds. The minimum atomic E-state index is -3.53. The Kier molecular flexibility index (Phi) is 7.54. The number of ether oxygens (including phenoxy) is 1. The number of nitrogens with one attached hydrogen (secondary N) is 2. The second-order valence-corrected chi connectivity index (χ2v) is 9.94. The van der Waals surface area contributed by atoms with E-state index in [4.69, 9.17) is 4.74 Å². The molecular formula is C21H34N4O3S. The van der Waals surface area contributed by atoms with Crippen molar-refractivity contribution in [3.63, 3.8) is 0 Å². The first kappa shape index (κ1) is 22.1. The summed E-state index contributed by atoms with van der Waals surface area (Å²) in [4.78, 5) is 7.10. The van der Waals surface area contributed by atoms with Gasteiger partial charge in [0.25, 0.3) is 0 Å². The lowest BCUT2D eigenvalue weighted by atomic mass is 9.73. The fourth-order valence-corrected chi connectivity index (χ4v) is 5.61. The standard InChI is InChI=1S/C21H34N4O3S/c1-22-20(25-13-11-21(17-25)9-4-3-5-10-21)23-16-18-7-6-8-19(15-18)29(26,27)24-12-14-28-2/h6-8,15,24H,3-5,9-14,16-17H2,1-2H3,(H,22,23). The average Bonchev–Trinajstić information content (AvgIpc) is 3.12. The number of nitrogens with zero attached hydrogens (tertiary/aromatic N) is 2. The van der Waals surface area contributed by atoms with Crippen LogP contribution in [0.2, 0.25) is 0 Å². The summed E-state index contributed by atoms with van der Waals surface area (Å²) in [6.45, 7) is 3.25. The summed E-state index contributed by atoms with van der Waals surface area (Å²) in [7, 11) is -0.172. The molecule has 1 saturated carbocycles. The van der Waals surface area contributed by atoms with Gasteiger partial charge in [-0.25, -0.2) is 13.1 Å². The molecule has 0 atom stereocenters. The van der Waals surface area contributed by atoms with E-state index in [2.05, 4.69) is 19.9 Å². The predicted molar refractivity (Wildman–Crippen MR) is 115 cm³/mol. The maximum atomic E-state index is 12.4. The minimum Gasteiger partial charge on any atom is -0.383 e. The number of hydrogen-bond donors (Lipinski definition) is 2. The first-order valence-electron chi connectivity index (χ1n) is 10.5. The monoisotopic (exact) mass is 422 g/mol. The summed E-state index contributed by atoms with van der Waals surface area (Å²) in [5.41, 5.74) is 1.38. The minimum absolute atomic E-state index is 0.255. The second-order valence-electron chi connectivity index (χ2n) is 8.17. The van der Waals surface area contributed by atoms with Crippen LogP contribution in [0.1, 0.15) is 44.1 Å². The lowest BCUT2D eigenvalue weighted by Gasteiger charge is -2.33. The topological polar surface area (TPSA) is 83.0 Å². The molecule has 2 aliphatic rings. The fourth-order valence-electron chi connectivity index (χ4n) is 4.52. The van der Waals surface area contributed by atoms with E-state index in [0.717, 1.165) is 24.6 Å². The zero-order chi connectivity index (χ0) is 20.7. The van der Waals surface area contributed by atoms with Crippen LogP contribution in [0.15, 0.2) is 34.2 Å². The van der Waals surface area contributed by atoms with E-state index in [1.807, 2.05) is 13.1 Å². The average molecular weight is 423 g/mol. The van der Waals surface area contributed by atoms with Crippen LogP contribution in [-0.4, -0.2) is 59.7 Å². The molecule has 1 spiro atoms. The van der Waals surface area contributed by atoms with E-state index in [-0.39, 0.29) is 11.4 Å². The van der Waals surface area contributed by atoms with Crippen molar-refractivity contribution in [2.75, 3.05) is 40.4 Å². The molecule has 1 aliphatic heterocycles. The quantitative estimate of drug-likeness (QED) is 0.400. The molecule has 0 aromatic heterocycles. The molecular weight excluding hydrogens is 388 g/mol. The number of aliphatic imine (C=N–C) groups is 1. The molecule has 2 fully saturated rings. The second kappa shape index (κ2) is 9.91. The zero-order valence-corrected chi connectivity index (χ0v) is 18.4. The summed E-state index contributed by atoms with van der Waals surface area (Å²) in [6.07, 6.45) is 7.97. The molecule has 29 heavy (non-hydrogen) atoms. The molecule has 0 bridgehead atoms. The molecule has 2 N–H and O–H groups in total. The van der Waals surface area contributed by atoms with Crippen LogP contribution in [0.4, 0.5) is 0 Å². The van der Waals surface area contributed by atoms with Gasteiger partial charge in [-0.2, -0.15) is 0 Å². The molecule has 1 saturated heterocycles. The van der Waals surface area contributed by atoms with Crippen molar-refractivity contribution in [1.29, 1.82) is 0 Å². The van der Waals surface area contributed by atoms with Crippen molar-refractivity contribution in [3.8, 4) is 0 Å². The number of guanidine groups is 1. The van der Waals surface area contributed by atoms with Gasteiger partial charge in [0.1, 0.15) is 0 Å². The van der Waals surface area contributed by atoms with Crippen molar-refractivity contribution in [3.05, 3.63) is 29.8 Å². The first-order chi connectivity index (χ1) is 14.0. The summed E-state index contributed by atoms with van der Waals surface area (Å²) in [5, 5.41) is 3.42. The Morgan fingerprint density at radius 3 is 2.76 bits per heavy atom. The normalized spacial score (nSPS) is 19.7. The van der Waals surface area contributed by atoms with E-state index < -0.39 is 10.0 Å². The molecule has 1 aromatic carbocycles. The van der Waals surface area contributed by atoms with Crippen LogP contribution in [0.5, 0.6) is 0 Å². The Bertz CT molecular complexity index is 804. The summed E-state index contributed by atoms with van der Waals surface area (Å²) in [5.74, 6) is 0.902. The predicted octanol–water partition coefficient (Wildman–Crippen LogP) is 2.34. The molecule has 1 aromatic rings. The Labute approximate surface area is 175 Å². The summed E-state index contributed by atoms with van der Waals surface area (Å²) >= 11 is 0. The van der Waals surface area contributed by atoms with Crippen molar-refractivity contribution in [2.45, 2.75) is 50.0 Å². The third-order valence-electron chi connectivity index (χ3n) is 6.12. The van der Waals surface area contributed by atoms with E-state index in [9.17, 15) is 8.42 Å². The van der Waals surface area contributed by atoms with Gasteiger partial charge in [-0.15, -0.1) is 0 Å². The SMILES string of the molecule is CN=C(NCc1cccc(S(=O)(=O)NCCOC)c1)N1CCC2(CCCCC2)C1. The van der Waals surface area contributed by atoms with Crippen LogP contribution in [0.3, 0.4) is 0 Å². The Morgan fingerprint density at radius 1 is 1.24 bits per heavy atom. The largest absolute Gasteiger partial charge is 0.383 e. The third kappa shape index (κ3) is 5.71. The van der Waals surface area contributed by atoms with Gasteiger partial charge < -0.3 is 15.0 Å². The number of methoxy groups -OCH3 is 1. The highest BCUT2D eigenvalue weighted by atomic mass is 32.2. The Hall–Kier alpha value is -1.64. The molecule has 0 radical (unpaired) electrons. The lowest BCUT2D eigenvalue weighted by Crippen LogP contribution is -2.41. The summed E-state index contributed by atoms with van der Waals surface area (Å²) in [6, 6.07) is 7.03. The number of benzene rings is 1. The van der Waals surface area contributed by atoms with Gasteiger partial charge in [-0.05, 0) is 42.4 Å². The van der Waals surface area contributed by atoms with Gasteiger partial charge in [0.05, 0.1) is 11.5 Å². The molecule has 162 valence electrons. The number of hydrogen-bond acceptors (Lipinski definition) is 4. The van der Waals surface area contributed by atoms with Crippen LogP contribution >= 0.6 is 0 Å². The maximum Gasteiger partial charge on any atom is 0.240 e. The highest BCUT2D eigenvalue weighted by molar-refractivity contribution is 7.89. The van der Waals surface area contributed by atoms with E-state index in [1.54, 1.807) is 25.3 Å². The van der Waals surface area contributed by atoms with Crippen LogP contribution < -0.4 is 10.0 Å². The van der Waals surface area contributed by atoms with Crippen molar-refractivity contribution in [2.24, 2.45) is 10.4 Å². The highest BCUT2D eigenvalue weighted by Gasteiger charge is 2.39. The van der Waals surface area contributed by atoms with Crippen molar-refractivity contribution < 1.29 is 13.2 Å². The van der Waals surface area contributed by atoms with Gasteiger partial charge >= 0.3 is 0 Å². The number of sulfonamides is 1. The van der Waals surface area contributed by atoms with Crippen LogP contribution in [0.25, 0.3) is 0 Å². The maximum absolute atomic E-state index is 12.4. The van der Waals surface area contributed by atoms with Crippen molar-refractivity contribution in [1.82, 2.24) is 14.9 Å². The van der Waals surface area contributed by atoms with Gasteiger partial charge in [0.15, 0.2) is 5.96 Å².